The minimum absolute atomic E-state index is 0.0179. The van der Waals surface area contributed by atoms with Crippen molar-refractivity contribution in [2.45, 2.75) is 69.7 Å². The van der Waals surface area contributed by atoms with E-state index in [0.717, 1.165) is 68.1 Å². The summed E-state index contributed by atoms with van der Waals surface area (Å²) in [5.41, 5.74) is 2.23. The second-order valence-corrected chi connectivity index (χ2v) is 9.50. The molecule has 1 saturated carbocycles. The fourth-order valence-corrected chi connectivity index (χ4v) is 5.72. The highest BCUT2D eigenvalue weighted by Crippen LogP contribution is 2.25. The summed E-state index contributed by atoms with van der Waals surface area (Å²) in [5.74, 6) is 2.47. The lowest BCUT2D eigenvalue weighted by molar-refractivity contribution is -0.125. The summed E-state index contributed by atoms with van der Waals surface area (Å²) in [6, 6.07) is 2.16. The molecule has 1 saturated heterocycles. The number of nitrogens with one attached hydrogen (secondary N) is 1. The lowest BCUT2D eigenvalue weighted by Gasteiger charge is -2.36. The Kier molecular flexibility index (Phi) is 6.73. The van der Waals surface area contributed by atoms with Crippen molar-refractivity contribution >= 4 is 17.7 Å². The van der Waals surface area contributed by atoms with E-state index in [1.807, 2.05) is 11.8 Å². The van der Waals surface area contributed by atoms with Crippen LogP contribution >= 0.6 is 11.8 Å². The van der Waals surface area contributed by atoms with E-state index in [1.54, 1.807) is 10.7 Å². The Labute approximate surface area is 171 Å². The van der Waals surface area contributed by atoms with Crippen molar-refractivity contribution in [2.75, 3.05) is 25.4 Å². The molecule has 28 heavy (non-hydrogen) atoms. The molecule has 2 aliphatic heterocycles. The maximum absolute atomic E-state index is 12.4. The van der Waals surface area contributed by atoms with Gasteiger partial charge in [-0.25, -0.2) is 4.68 Å². The summed E-state index contributed by atoms with van der Waals surface area (Å²) in [7, 11) is 0. The summed E-state index contributed by atoms with van der Waals surface area (Å²) < 4.78 is 1.65. The Hall–Kier alpha value is -1.34. The Morgan fingerprint density at radius 1 is 1.18 bits per heavy atom. The number of aromatic nitrogens is 2. The maximum Gasteiger partial charge on any atom is 0.267 e. The molecule has 2 fully saturated rings. The van der Waals surface area contributed by atoms with Crippen LogP contribution in [0.15, 0.2) is 10.9 Å². The number of thioether (sulfide) groups is 1. The SMILES string of the molecule is O=C(NCC1CCCCN1CCn1nc2c(cc1=O)CSCC2)C1CCCC1. The number of piperidine rings is 1. The topological polar surface area (TPSA) is 67.2 Å². The average Bonchev–Trinajstić information content (AvgIpc) is 3.26. The summed E-state index contributed by atoms with van der Waals surface area (Å²) in [6.45, 7) is 3.23. The average molecular weight is 405 g/mol. The number of likely N-dealkylation sites (tertiary alicyclic amines) is 1. The highest BCUT2D eigenvalue weighted by molar-refractivity contribution is 7.98. The van der Waals surface area contributed by atoms with E-state index >= 15 is 0 Å². The van der Waals surface area contributed by atoms with Crippen LogP contribution in [0.3, 0.4) is 0 Å². The molecular weight excluding hydrogens is 372 g/mol. The van der Waals surface area contributed by atoms with Gasteiger partial charge in [0.05, 0.1) is 12.2 Å². The molecule has 7 heteroatoms. The maximum atomic E-state index is 12.4. The molecule has 0 spiro atoms. The first-order chi connectivity index (χ1) is 13.7. The molecule has 154 valence electrons. The van der Waals surface area contributed by atoms with E-state index in [9.17, 15) is 9.59 Å². The van der Waals surface area contributed by atoms with E-state index in [0.29, 0.717) is 12.6 Å². The molecule has 1 aliphatic carbocycles. The normalized spacial score (nSPS) is 23.5. The Balaban J connectivity index is 1.33. The number of rotatable bonds is 6. The van der Waals surface area contributed by atoms with E-state index < -0.39 is 0 Å². The van der Waals surface area contributed by atoms with Crippen molar-refractivity contribution in [3.8, 4) is 0 Å². The van der Waals surface area contributed by atoms with Crippen molar-refractivity contribution < 1.29 is 4.79 Å². The Bertz CT molecular complexity index is 744. The smallest absolute Gasteiger partial charge is 0.267 e. The second kappa shape index (κ2) is 9.44. The summed E-state index contributed by atoms with van der Waals surface area (Å²) in [6.07, 6.45) is 8.96. The molecule has 1 atom stereocenters. The molecule has 1 aromatic rings. The Morgan fingerprint density at radius 3 is 2.86 bits per heavy atom. The van der Waals surface area contributed by atoms with Crippen LogP contribution in [0.25, 0.3) is 0 Å². The highest BCUT2D eigenvalue weighted by Gasteiger charge is 2.26. The number of hydrogen-bond acceptors (Lipinski definition) is 5. The molecular formula is C21H32N4O2S. The van der Waals surface area contributed by atoms with Crippen LogP contribution in [0.1, 0.15) is 56.2 Å². The number of fused-ring (bicyclic) bond motifs is 1. The predicted molar refractivity (Wildman–Crippen MR) is 113 cm³/mol. The van der Waals surface area contributed by atoms with Crippen LogP contribution in [0.4, 0.5) is 0 Å². The first-order valence-electron chi connectivity index (χ1n) is 10.9. The molecule has 4 rings (SSSR count). The van der Waals surface area contributed by atoms with Gasteiger partial charge < -0.3 is 5.32 Å². The van der Waals surface area contributed by atoms with E-state index in [-0.39, 0.29) is 17.4 Å². The number of aryl methyl sites for hydroxylation is 1. The molecule has 1 N–H and O–H groups in total. The lowest BCUT2D eigenvalue weighted by atomic mass is 10.0. The zero-order chi connectivity index (χ0) is 19.3. The van der Waals surface area contributed by atoms with Gasteiger partial charge in [0.25, 0.3) is 5.56 Å². The largest absolute Gasteiger partial charge is 0.354 e. The van der Waals surface area contributed by atoms with Crippen LogP contribution in [-0.2, 0) is 23.5 Å². The van der Waals surface area contributed by atoms with E-state index in [1.165, 1.54) is 25.7 Å². The van der Waals surface area contributed by atoms with Crippen molar-refractivity contribution in [3.05, 3.63) is 27.7 Å². The molecule has 6 nitrogen and oxygen atoms in total. The van der Waals surface area contributed by atoms with E-state index in [4.69, 9.17) is 0 Å². The number of carbonyl (C=O) groups excluding carboxylic acids is 1. The van der Waals surface area contributed by atoms with Gasteiger partial charge in [0.1, 0.15) is 0 Å². The Morgan fingerprint density at radius 2 is 2.00 bits per heavy atom. The number of amides is 1. The van der Waals surface area contributed by atoms with Gasteiger partial charge in [-0.05, 0) is 43.5 Å². The van der Waals surface area contributed by atoms with Gasteiger partial charge in [-0.1, -0.05) is 19.3 Å². The quantitative estimate of drug-likeness (QED) is 0.787. The fraction of sp³-hybridized carbons (Fsp3) is 0.762. The zero-order valence-corrected chi connectivity index (χ0v) is 17.5. The van der Waals surface area contributed by atoms with Crippen molar-refractivity contribution in [1.82, 2.24) is 20.0 Å². The van der Waals surface area contributed by atoms with Crippen molar-refractivity contribution in [1.29, 1.82) is 0 Å². The van der Waals surface area contributed by atoms with Crippen LogP contribution in [-0.4, -0.2) is 52.0 Å². The number of carbonyl (C=O) groups is 1. The highest BCUT2D eigenvalue weighted by atomic mass is 32.2. The summed E-state index contributed by atoms with van der Waals surface area (Å²) in [4.78, 5) is 27.2. The molecule has 1 amide bonds. The van der Waals surface area contributed by atoms with Gasteiger partial charge >= 0.3 is 0 Å². The molecule has 0 radical (unpaired) electrons. The fourth-order valence-electron chi connectivity index (χ4n) is 4.77. The van der Waals surface area contributed by atoms with Gasteiger partial charge in [0, 0.05) is 43.3 Å². The van der Waals surface area contributed by atoms with Crippen molar-refractivity contribution in [2.24, 2.45) is 5.92 Å². The minimum atomic E-state index is 0.0179. The van der Waals surface area contributed by atoms with Crippen LogP contribution in [0.5, 0.6) is 0 Å². The standard InChI is InChI=1S/C21H32N4O2S/c26-20-13-17-15-28-12-8-19(17)23-25(20)11-10-24-9-4-3-7-18(24)14-22-21(27)16-5-1-2-6-16/h13,16,18H,1-12,14-15H2,(H,22,27). The van der Waals surface area contributed by atoms with Gasteiger partial charge in [-0.15, -0.1) is 0 Å². The van der Waals surface area contributed by atoms with Crippen LogP contribution < -0.4 is 10.9 Å². The molecule has 3 heterocycles. The third-order valence-corrected chi connectivity index (χ3v) is 7.50. The third kappa shape index (κ3) is 4.79. The summed E-state index contributed by atoms with van der Waals surface area (Å²) in [5, 5.41) is 7.85. The first kappa shape index (κ1) is 20.0. The molecule has 3 aliphatic rings. The minimum Gasteiger partial charge on any atom is -0.354 e. The summed E-state index contributed by atoms with van der Waals surface area (Å²) >= 11 is 1.87. The van der Waals surface area contributed by atoms with Crippen LogP contribution in [0, 0.1) is 5.92 Å². The van der Waals surface area contributed by atoms with Gasteiger partial charge in [0.2, 0.25) is 5.91 Å². The van der Waals surface area contributed by atoms with E-state index in [2.05, 4.69) is 15.3 Å². The van der Waals surface area contributed by atoms with Crippen LogP contribution in [0.2, 0.25) is 0 Å². The monoisotopic (exact) mass is 404 g/mol. The zero-order valence-electron chi connectivity index (χ0n) is 16.7. The predicted octanol–water partition coefficient (Wildman–Crippen LogP) is 2.19. The lowest BCUT2D eigenvalue weighted by Crippen LogP contribution is -2.48. The first-order valence-corrected chi connectivity index (χ1v) is 12.1. The molecule has 1 aromatic heterocycles. The molecule has 1 unspecified atom stereocenters. The van der Waals surface area contributed by atoms with Gasteiger partial charge in [0.15, 0.2) is 0 Å². The molecule has 0 aromatic carbocycles. The second-order valence-electron chi connectivity index (χ2n) is 8.39. The number of hydrogen-bond donors (Lipinski definition) is 1. The van der Waals surface area contributed by atoms with Gasteiger partial charge in [-0.3, -0.25) is 14.5 Å². The third-order valence-electron chi connectivity index (χ3n) is 6.49. The van der Waals surface area contributed by atoms with Crippen molar-refractivity contribution in [3.63, 3.8) is 0 Å². The molecule has 0 bridgehead atoms. The number of nitrogens with zero attached hydrogens (tertiary/aromatic N) is 3. The van der Waals surface area contributed by atoms with Gasteiger partial charge in [-0.2, -0.15) is 16.9 Å².